The molecule has 1 aromatic heterocycles. The Bertz CT molecular complexity index is 300. The first-order valence-electron chi connectivity index (χ1n) is 3.60. The lowest BCUT2D eigenvalue weighted by Crippen LogP contribution is -2.36. The lowest BCUT2D eigenvalue weighted by atomic mass is 9.77. The van der Waals surface area contributed by atoms with Crippen molar-refractivity contribution in [3.05, 3.63) is 15.3 Å². The van der Waals surface area contributed by atoms with Gasteiger partial charge in [0.25, 0.3) is 0 Å². The van der Waals surface area contributed by atoms with Crippen LogP contribution in [-0.4, -0.2) is 6.98 Å². The molecule has 0 radical (unpaired) electrons. The molecule has 0 spiro atoms. The average molecular weight is 193 g/mol. The van der Waals surface area contributed by atoms with Crippen LogP contribution >= 0.6 is 11.3 Å². The number of hydrogen-bond donors (Lipinski definition) is 0. The van der Waals surface area contributed by atoms with Crippen LogP contribution in [-0.2, 0) is 0 Å². The Morgan fingerprint density at radius 2 is 1.50 bits per heavy atom. The zero-order valence-electron chi connectivity index (χ0n) is 7.12. The summed E-state index contributed by atoms with van der Waals surface area (Å²) in [4.78, 5) is 1.15. The predicted octanol–water partition coefficient (Wildman–Crippen LogP) is 2.73. The summed E-state index contributed by atoms with van der Waals surface area (Å²) < 4.78 is 37.2. The molecule has 0 saturated heterocycles. The summed E-state index contributed by atoms with van der Waals surface area (Å²) in [6.45, 7) is -0.0488. The molecule has 0 bridgehead atoms. The molecule has 0 atom stereocenters. The zero-order valence-corrected chi connectivity index (χ0v) is 7.94. The summed E-state index contributed by atoms with van der Waals surface area (Å²) in [6.07, 6.45) is 0. The van der Waals surface area contributed by atoms with Crippen molar-refractivity contribution in [3.63, 3.8) is 0 Å². The topological polar surface area (TPSA) is 0 Å². The Morgan fingerprint density at radius 3 is 1.67 bits per heavy atom. The molecule has 0 aliphatic heterocycles. The average Bonchev–Trinajstić information content (AvgIpc) is 2.05. The third-order valence-electron chi connectivity index (χ3n) is 1.94. The molecule has 0 unspecified atom stereocenters. The van der Waals surface area contributed by atoms with Gasteiger partial charge in [-0.3, -0.25) is 0 Å². The van der Waals surface area contributed by atoms with E-state index in [1.807, 2.05) is 0 Å². The fraction of sp³-hybridized carbons (Fsp3) is 0.429. The minimum Gasteiger partial charge on any atom is -0.445 e. The van der Waals surface area contributed by atoms with E-state index in [0.717, 1.165) is 4.88 Å². The minimum atomic E-state index is -4.82. The number of hydrogen-bond acceptors (Lipinski definition) is 1. The first-order valence-corrected chi connectivity index (χ1v) is 4.42. The largest absolute Gasteiger partial charge is 0.510 e. The molecule has 0 aliphatic carbocycles. The molecule has 1 aromatic rings. The second kappa shape index (κ2) is 2.80. The van der Waals surface area contributed by atoms with E-state index in [4.69, 9.17) is 0 Å². The lowest BCUT2D eigenvalue weighted by Gasteiger charge is -2.15. The van der Waals surface area contributed by atoms with Gasteiger partial charge in [-0.15, -0.1) is 11.3 Å². The molecular formula is C7H9BF3S-. The summed E-state index contributed by atoms with van der Waals surface area (Å²) in [5.74, 6) is 0. The maximum Gasteiger partial charge on any atom is 0.510 e. The van der Waals surface area contributed by atoms with Crippen LogP contribution in [0.5, 0.6) is 0 Å². The van der Waals surface area contributed by atoms with Gasteiger partial charge in [0.15, 0.2) is 0 Å². The molecule has 1 rings (SSSR count). The molecule has 5 heteroatoms. The van der Waals surface area contributed by atoms with Crippen LogP contribution < -0.4 is 5.46 Å². The second-order valence-electron chi connectivity index (χ2n) is 2.83. The van der Waals surface area contributed by atoms with E-state index in [9.17, 15) is 12.9 Å². The van der Waals surface area contributed by atoms with Gasteiger partial charge in [-0.05, 0) is 25.6 Å². The van der Waals surface area contributed by atoms with Crippen LogP contribution in [0.3, 0.4) is 0 Å². The first kappa shape index (κ1) is 9.64. The quantitative estimate of drug-likeness (QED) is 0.601. The van der Waals surface area contributed by atoms with Crippen LogP contribution in [0.2, 0.25) is 0 Å². The number of rotatable bonds is 1. The van der Waals surface area contributed by atoms with Crippen molar-refractivity contribution in [2.45, 2.75) is 20.8 Å². The predicted molar refractivity (Wildman–Crippen MR) is 47.2 cm³/mol. The highest BCUT2D eigenvalue weighted by Gasteiger charge is 2.30. The highest BCUT2D eigenvalue weighted by molar-refractivity contribution is 7.13. The molecule has 0 nitrogen and oxygen atoms in total. The monoisotopic (exact) mass is 193 g/mol. The Hall–Kier alpha value is -0.445. The molecule has 0 N–H and O–H groups in total. The van der Waals surface area contributed by atoms with Gasteiger partial charge in [0.2, 0.25) is 0 Å². The highest BCUT2D eigenvalue weighted by atomic mass is 32.1. The summed E-state index contributed by atoms with van der Waals surface area (Å²) in [7, 11) is 0. The molecule has 0 aliphatic rings. The second-order valence-corrected chi connectivity index (χ2v) is 4.26. The third kappa shape index (κ3) is 1.51. The molecule has 1 heterocycles. The summed E-state index contributed by atoms with van der Waals surface area (Å²) in [5.41, 5.74) is 0.00231. The maximum absolute atomic E-state index is 12.4. The van der Waals surface area contributed by atoms with Gasteiger partial charge in [0, 0.05) is 4.88 Å². The Labute approximate surface area is 73.5 Å². The Balaban J connectivity index is 3.32. The van der Waals surface area contributed by atoms with Crippen molar-refractivity contribution in [1.29, 1.82) is 0 Å². The first-order chi connectivity index (χ1) is 5.34. The van der Waals surface area contributed by atoms with Crippen LogP contribution in [0, 0.1) is 20.8 Å². The van der Waals surface area contributed by atoms with Gasteiger partial charge >= 0.3 is 6.98 Å². The van der Waals surface area contributed by atoms with Crippen molar-refractivity contribution < 1.29 is 12.9 Å². The van der Waals surface area contributed by atoms with Gasteiger partial charge in [-0.1, -0.05) is 11.0 Å². The van der Waals surface area contributed by atoms with Gasteiger partial charge in [0.1, 0.15) is 0 Å². The Morgan fingerprint density at radius 1 is 1.00 bits per heavy atom. The van der Waals surface area contributed by atoms with E-state index in [2.05, 4.69) is 0 Å². The van der Waals surface area contributed by atoms with Crippen LogP contribution in [0.4, 0.5) is 12.9 Å². The van der Waals surface area contributed by atoms with E-state index in [1.54, 1.807) is 6.92 Å². The van der Waals surface area contributed by atoms with Gasteiger partial charge < -0.3 is 12.9 Å². The zero-order chi connectivity index (χ0) is 9.52. The van der Waals surface area contributed by atoms with Crippen LogP contribution in [0.15, 0.2) is 0 Å². The number of aryl methyl sites for hydroxylation is 2. The van der Waals surface area contributed by atoms with E-state index in [-0.39, 0.29) is 0 Å². The van der Waals surface area contributed by atoms with Crippen molar-refractivity contribution in [2.75, 3.05) is 0 Å². The normalized spacial score (nSPS) is 12.2. The van der Waals surface area contributed by atoms with Crippen molar-refractivity contribution >= 4 is 23.8 Å². The molecular weight excluding hydrogens is 184 g/mol. The van der Waals surface area contributed by atoms with Crippen molar-refractivity contribution in [3.8, 4) is 0 Å². The third-order valence-corrected chi connectivity index (χ3v) is 3.08. The maximum atomic E-state index is 12.4. The fourth-order valence-electron chi connectivity index (χ4n) is 1.29. The fourth-order valence-corrected chi connectivity index (χ4v) is 2.41. The Kier molecular flexibility index (Phi) is 2.25. The van der Waals surface area contributed by atoms with Gasteiger partial charge in [-0.2, -0.15) is 0 Å². The molecule has 0 aromatic carbocycles. The van der Waals surface area contributed by atoms with Gasteiger partial charge in [-0.25, -0.2) is 0 Å². The SMILES string of the molecule is Cc1sc(C)c([B-](F)(F)F)c1C. The number of halogens is 3. The van der Waals surface area contributed by atoms with Crippen LogP contribution in [0.1, 0.15) is 15.3 Å². The molecule has 0 saturated carbocycles. The lowest BCUT2D eigenvalue weighted by molar-refractivity contribution is 0.500. The molecule has 68 valence electrons. The number of thiophene rings is 1. The molecule has 0 fully saturated rings. The summed E-state index contributed by atoms with van der Waals surface area (Å²) in [5, 5.41) is 0. The van der Waals surface area contributed by atoms with Gasteiger partial charge in [0.05, 0.1) is 0 Å². The summed E-state index contributed by atoms with van der Waals surface area (Å²) in [6, 6.07) is 0. The summed E-state index contributed by atoms with van der Waals surface area (Å²) >= 11 is 1.22. The van der Waals surface area contributed by atoms with Crippen molar-refractivity contribution in [1.82, 2.24) is 0 Å². The van der Waals surface area contributed by atoms with E-state index in [0.29, 0.717) is 10.4 Å². The molecule has 0 amide bonds. The highest BCUT2D eigenvalue weighted by Crippen LogP contribution is 2.23. The molecule has 12 heavy (non-hydrogen) atoms. The van der Waals surface area contributed by atoms with E-state index < -0.39 is 12.4 Å². The van der Waals surface area contributed by atoms with Crippen molar-refractivity contribution in [2.24, 2.45) is 0 Å². The smallest absolute Gasteiger partial charge is 0.445 e. The standard InChI is InChI=1S/C7H9BF3S/c1-4-5(2)12-6(3)7(4)8(9,10)11/h1-3H3/q-1. The van der Waals surface area contributed by atoms with Crippen LogP contribution in [0.25, 0.3) is 0 Å². The van der Waals surface area contributed by atoms with E-state index >= 15 is 0 Å². The minimum absolute atomic E-state index is 0.387. The van der Waals surface area contributed by atoms with E-state index in [1.165, 1.54) is 25.2 Å².